The van der Waals surface area contributed by atoms with E-state index in [1.165, 1.54) is 26.3 Å². The second-order valence-electron chi connectivity index (χ2n) is 5.11. The summed E-state index contributed by atoms with van der Waals surface area (Å²) in [6.07, 6.45) is 0. The molecule has 25 heavy (non-hydrogen) atoms. The summed E-state index contributed by atoms with van der Waals surface area (Å²) in [5, 5.41) is 3.05. The Hall–Kier alpha value is -1.61. The van der Waals surface area contributed by atoms with Gasteiger partial charge in [-0.2, -0.15) is 4.31 Å². The van der Waals surface area contributed by atoms with Crippen molar-refractivity contribution in [2.45, 2.75) is 4.90 Å². The SMILES string of the molecule is COc1ccc(S(=O)(=O)N(C)CC(=O)Nc2ccc(Br)c(Cl)c2)cc1. The fourth-order valence-corrected chi connectivity index (χ4v) is 3.54. The molecule has 1 amide bonds. The van der Waals surface area contributed by atoms with Crippen LogP contribution in [0.4, 0.5) is 5.69 Å². The molecule has 0 atom stereocenters. The van der Waals surface area contributed by atoms with E-state index >= 15 is 0 Å². The molecule has 0 heterocycles. The highest BCUT2D eigenvalue weighted by molar-refractivity contribution is 9.10. The predicted molar refractivity (Wildman–Crippen MR) is 101 cm³/mol. The molecule has 2 aromatic rings. The van der Waals surface area contributed by atoms with Gasteiger partial charge in [0.15, 0.2) is 0 Å². The van der Waals surface area contributed by atoms with Crippen LogP contribution < -0.4 is 10.1 Å². The third kappa shape index (κ3) is 4.94. The number of sulfonamides is 1. The summed E-state index contributed by atoms with van der Waals surface area (Å²) in [6, 6.07) is 10.9. The number of methoxy groups -OCH3 is 1. The minimum atomic E-state index is -3.78. The Morgan fingerprint density at radius 2 is 1.88 bits per heavy atom. The van der Waals surface area contributed by atoms with Crippen molar-refractivity contribution in [3.05, 3.63) is 52.0 Å². The largest absolute Gasteiger partial charge is 0.497 e. The van der Waals surface area contributed by atoms with Gasteiger partial charge in [0, 0.05) is 17.2 Å². The summed E-state index contributed by atoms with van der Waals surface area (Å²) in [5.41, 5.74) is 0.480. The lowest BCUT2D eigenvalue weighted by Gasteiger charge is -2.17. The van der Waals surface area contributed by atoms with Crippen molar-refractivity contribution in [3.63, 3.8) is 0 Å². The molecule has 0 radical (unpaired) electrons. The fraction of sp³-hybridized carbons (Fsp3) is 0.188. The van der Waals surface area contributed by atoms with Gasteiger partial charge in [0.25, 0.3) is 0 Å². The molecule has 0 aliphatic rings. The molecule has 0 aliphatic heterocycles. The molecule has 2 rings (SSSR count). The molecule has 0 unspecified atom stereocenters. The van der Waals surface area contributed by atoms with Crippen LogP contribution in [-0.2, 0) is 14.8 Å². The summed E-state index contributed by atoms with van der Waals surface area (Å²) in [6.45, 7) is -0.331. The third-order valence-corrected chi connectivity index (χ3v) is 6.39. The maximum atomic E-state index is 12.5. The number of benzene rings is 2. The van der Waals surface area contributed by atoms with Crippen LogP contribution in [0.1, 0.15) is 0 Å². The summed E-state index contributed by atoms with van der Waals surface area (Å²) >= 11 is 9.22. The molecule has 0 spiro atoms. The average Bonchev–Trinajstić information content (AvgIpc) is 2.58. The first-order chi connectivity index (χ1) is 11.7. The highest BCUT2D eigenvalue weighted by Crippen LogP contribution is 2.25. The third-order valence-electron chi connectivity index (χ3n) is 3.34. The van der Waals surface area contributed by atoms with E-state index < -0.39 is 15.9 Å². The number of anilines is 1. The zero-order chi connectivity index (χ0) is 18.6. The number of nitrogens with one attached hydrogen (secondary N) is 1. The van der Waals surface area contributed by atoms with E-state index in [0.717, 1.165) is 4.31 Å². The average molecular weight is 448 g/mol. The van der Waals surface area contributed by atoms with Gasteiger partial charge in [-0.05, 0) is 58.4 Å². The number of halogens is 2. The Labute approximate surface area is 159 Å². The first kappa shape index (κ1) is 19.7. The Kier molecular flexibility index (Phi) is 6.45. The molecule has 1 N–H and O–H groups in total. The predicted octanol–water partition coefficient (Wildman–Crippen LogP) is 3.37. The number of hydrogen-bond acceptors (Lipinski definition) is 4. The van der Waals surface area contributed by atoms with Crippen LogP contribution in [0.25, 0.3) is 0 Å². The first-order valence-corrected chi connectivity index (χ1v) is 9.70. The number of ether oxygens (including phenoxy) is 1. The van der Waals surface area contributed by atoms with Crippen LogP contribution in [-0.4, -0.2) is 39.3 Å². The van der Waals surface area contributed by atoms with Crippen LogP contribution in [0.5, 0.6) is 5.75 Å². The van der Waals surface area contributed by atoms with Gasteiger partial charge in [-0.1, -0.05) is 11.6 Å². The van der Waals surface area contributed by atoms with E-state index in [9.17, 15) is 13.2 Å². The van der Waals surface area contributed by atoms with Gasteiger partial charge in [0.1, 0.15) is 5.75 Å². The van der Waals surface area contributed by atoms with Crippen molar-refractivity contribution < 1.29 is 17.9 Å². The molecule has 0 aliphatic carbocycles. The Bertz CT molecular complexity index is 872. The monoisotopic (exact) mass is 446 g/mol. The van der Waals surface area contributed by atoms with Gasteiger partial charge >= 0.3 is 0 Å². The number of rotatable bonds is 6. The number of likely N-dealkylation sites (N-methyl/N-ethyl adjacent to an activating group) is 1. The maximum absolute atomic E-state index is 12.5. The van der Waals surface area contributed by atoms with Crippen molar-refractivity contribution >= 4 is 49.1 Å². The van der Waals surface area contributed by atoms with Crippen molar-refractivity contribution in [1.82, 2.24) is 4.31 Å². The molecule has 134 valence electrons. The van der Waals surface area contributed by atoms with Gasteiger partial charge in [-0.15, -0.1) is 0 Å². The highest BCUT2D eigenvalue weighted by atomic mass is 79.9. The van der Waals surface area contributed by atoms with Crippen LogP contribution in [0.3, 0.4) is 0 Å². The Morgan fingerprint density at radius 1 is 1.24 bits per heavy atom. The van der Waals surface area contributed by atoms with Crippen molar-refractivity contribution in [2.24, 2.45) is 0 Å². The van der Waals surface area contributed by atoms with Gasteiger partial charge in [-0.3, -0.25) is 4.79 Å². The van der Waals surface area contributed by atoms with Crippen LogP contribution in [0, 0.1) is 0 Å². The van der Waals surface area contributed by atoms with Crippen LogP contribution in [0.2, 0.25) is 5.02 Å². The zero-order valence-corrected chi connectivity index (χ0v) is 16.7. The van der Waals surface area contributed by atoms with E-state index in [1.807, 2.05) is 0 Å². The van der Waals surface area contributed by atoms with E-state index in [2.05, 4.69) is 21.2 Å². The summed E-state index contributed by atoms with van der Waals surface area (Å²) < 4.78 is 31.7. The number of hydrogen-bond donors (Lipinski definition) is 1. The number of carbonyl (C=O) groups excluding carboxylic acids is 1. The molecule has 2 aromatic carbocycles. The van der Waals surface area contributed by atoms with Crippen LogP contribution in [0.15, 0.2) is 51.8 Å². The second kappa shape index (κ2) is 8.18. The quantitative estimate of drug-likeness (QED) is 0.737. The van der Waals surface area contributed by atoms with Crippen molar-refractivity contribution in [2.75, 3.05) is 26.0 Å². The second-order valence-corrected chi connectivity index (χ2v) is 8.42. The molecule has 6 nitrogen and oxygen atoms in total. The number of carbonyl (C=O) groups is 1. The lowest BCUT2D eigenvalue weighted by Crippen LogP contribution is -2.34. The lowest BCUT2D eigenvalue weighted by molar-refractivity contribution is -0.116. The van der Waals surface area contributed by atoms with Gasteiger partial charge < -0.3 is 10.1 Å². The van der Waals surface area contributed by atoms with Gasteiger partial charge in [0.2, 0.25) is 15.9 Å². The number of nitrogens with zero attached hydrogens (tertiary/aromatic N) is 1. The minimum absolute atomic E-state index is 0.0790. The van der Waals surface area contributed by atoms with Crippen molar-refractivity contribution in [1.29, 1.82) is 0 Å². The standard InChI is InChI=1S/C16H16BrClN2O4S/c1-20(25(22,23)13-6-4-12(24-2)5-7-13)10-16(21)19-11-3-8-14(17)15(18)9-11/h3-9H,10H2,1-2H3,(H,19,21). The maximum Gasteiger partial charge on any atom is 0.243 e. The smallest absolute Gasteiger partial charge is 0.243 e. The molecule has 0 fully saturated rings. The molecule has 9 heteroatoms. The van der Waals surface area contributed by atoms with E-state index in [4.69, 9.17) is 16.3 Å². The molecular weight excluding hydrogens is 432 g/mol. The zero-order valence-electron chi connectivity index (χ0n) is 13.5. The van der Waals surface area contributed by atoms with E-state index in [0.29, 0.717) is 20.9 Å². The minimum Gasteiger partial charge on any atom is -0.497 e. The molecule has 0 saturated heterocycles. The molecule has 0 saturated carbocycles. The Balaban J connectivity index is 2.07. The number of amides is 1. The van der Waals surface area contributed by atoms with Crippen molar-refractivity contribution in [3.8, 4) is 5.75 Å². The highest BCUT2D eigenvalue weighted by Gasteiger charge is 2.23. The first-order valence-electron chi connectivity index (χ1n) is 7.09. The summed E-state index contributed by atoms with van der Waals surface area (Å²) in [4.78, 5) is 12.2. The lowest BCUT2D eigenvalue weighted by atomic mass is 10.3. The van der Waals surface area contributed by atoms with Gasteiger partial charge in [0.05, 0.1) is 23.6 Å². The normalized spacial score (nSPS) is 11.4. The Morgan fingerprint density at radius 3 is 2.44 bits per heavy atom. The fourth-order valence-electron chi connectivity index (χ4n) is 1.99. The topological polar surface area (TPSA) is 75.7 Å². The molecule has 0 aromatic heterocycles. The molecular formula is C16H16BrClN2O4S. The summed E-state index contributed by atoms with van der Waals surface area (Å²) in [5.74, 6) is 0.0736. The summed E-state index contributed by atoms with van der Waals surface area (Å²) in [7, 11) is -0.947. The van der Waals surface area contributed by atoms with Gasteiger partial charge in [-0.25, -0.2) is 8.42 Å². The molecule has 0 bridgehead atoms. The van der Waals surface area contributed by atoms with E-state index in [-0.39, 0.29) is 11.4 Å². The van der Waals surface area contributed by atoms with E-state index in [1.54, 1.807) is 30.3 Å². The van der Waals surface area contributed by atoms with Crippen LogP contribution >= 0.6 is 27.5 Å².